The summed E-state index contributed by atoms with van der Waals surface area (Å²) in [7, 11) is 0. The van der Waals surface area contributed by atoms with E-state index in [4.69, 9.17) is 10.6 Å². The van der Waals surface area contributed by atoms with Gasteiger partial charge in [0.15, 0.2) is 5.65 Å². The van der Waals surface area contributed by atoms with Gasteiger partial charge in [0.25, 0.3) is 0 Å². The number of nitrogen functional groups attached to an aromatic ring is 1. The zero-order valence-corrected chi connectivity index (χ0v) is 10.5. The number of hydrazine groups is 1. The average molecular weight is 274 g/mol. The number of hydrogen-bond donors (Lipinski definition) is 3. The Morgan fingerprint density at radius 1 is 1.35 bits per heavy atom. The monoisotopic (exact) mass is 274 g/mol. The molecule has 8 heteroatoms. The van der Waals surface area contributed by atoms with Crippen LogP contribution in [0.3, 0.4) is 0 Å². The van der Waals surface area contributed by atoms with Crippen molar-refractivity contribution in [2.75, 3.05) is 5.43 Å². The molecule has 102 valence electrons. The summed E-state index contributed by atoms with van der Waals surface area (Å²) in [6.45, 7) is 1.68. The highest BCUT2D eigenvalue weighted by molar-refractivity contribution is 5.80. The van der Waals surface area contributed by atoms with Gasteiger partial charge in [0.1, 0.15) is 17.0 Å². The quantitative estimate of drug-likeness (QED) is 0.498. The van der Waals surface area contributed by atoms with E-state index < -0.39 is 0 Å². The first kappa shape index (κ1) is 12.3. The summed E-state index contributed by atoms with van der Waals surface area (Å²) < 4.78 is 19.1. The number of nitrogens with zero attached hydrogens (tertiary/aromatic N) is 3. The second kappa shape index (κ2) is 4.74. The van der Waals surface area contributed by atoms with Crippen LogP contribution in [0.1, 0.15) is 5.56 Å². The van der Waals surface area contributed by atoms with E-state index in [1.165, 1.54) is 12.3 Å². The molecule has 3 aromatic rings. The molecule has 2 aromatic heterocycles. The van der Waals surface area contributed by atoms with Gasteiger partial charge in [-0.25, -0.2) is 10.2 Å². The molecule has 7 nitrogen and oxygen atoms in total. The predicted molar refractivity (Wildman–Crippen MR) is 70.7 cm³/mol. The molecule has 3 rings (SSSR count). The maximum atomic E-state index is 13.5. The summed E-state index contributed by atoms with van der Waals surface area (Å²) in [5.74, 6) is 5.68. The number of rotatable bonds is 3. The number of fused-ring (bicyclic) bond motifs is 1. The Labute approximate surface area is 113 Å². The Bertz CT molecular complexity index is 772. The zero-order valence-electron chi connectivity index (χ0n) is 10.5. The van der Waals surface area contributed by atoms with Crippen molar-refractivity contribution in [1.82, 2.24) is 20.2 Å². The summed E-state index contributed by atoms with van der Waals surface area (Å²) in [4.78, 5) is 8.16. The first-order chi connectivity index (χ1) is 9.67. The number of ether oxygens (including phenoxy) is 1. The third kappa shape index (κ3) is 2.12. The van der Waals surface area contributed by atoms with E-state index in [1.807, 2.05) is 0 Å². The van der Waals surface area contributed by atoms with Crippen molar-refractivity contribution < 1.29 is 9.13 Å². The van der Waals surface area contributed by atoms with Gasteiger partial charge in [0.05, 0.1) is 6.20 Å². The van der Waals surface area contributed by atoms with E-state index in [0.29, 0.717) is 22.3 Å². The number of hydrogen-bond acceptors (Lipinski definition) is 6. The molecule has 0 spiro atoms. The molecule has 0 aliphatic rings. The second-order valence-electron chi connectivity index (χ2n) is 4.14. The Hall–Kier alpha value is -2.74. The van der Waals surface area contributed by atoms with Crippen molar-refractivity contribution in [2.24, 2.45) is 5.84 Å². The summed E-state index contributed by atoms with van der Waals surface area (Å²) in [5, 5.41) is 7.12. The number of halogens is 1. The first-order valence-electron chi connectivity index (χ1n) is 5.79. The van der Waals surface area contributed by atoms with Gasteiger partial charge in [0, 0.05) is 6.07 Å². The highest BCUT2D eigenvalue weighted by Gasteiger charge is 2.12. The second-order valence-corrected chi connectivity index (χ2v) is 4.14. The lowest BCUT2D eigenvalue weighted by atomic mass is 10.2. The highest BCUT2D eigenvalue weighted by atomic mass is 19.1. The topological polar surface area (TPSA) is 102 Å². The molecule has 0 fully saturated rings. The first-order valence-corrected chi connectivity index (χ1v) is 5.79. The lowest BCUT2D eigenvalue weighted by Gasteiger charge is -2.07. The average Bonchev–Trinajstić information content (AvgIpc) is 2.91. The van der Waals surface area contributed by atoms with Crippen LogP contribution in [0.5, 0.6) is 11.6 Å². The normalized spacial score (nSPS) is 10.8. The van der Waals surface area contributed by atoms with Gasteiger partial charge < -0.3 is 4.74 Å². The molecule has 20 heavy (non-hydrogen) atoms. The van der Waals surface area contributed by atoms with Gasteiger partial charge in [-0.2, -0.15) is 15.1 Å². The molecular formula is C12H11FN6O. The number of benzene rings is 1. The van der Waals surface area contributed by atoms with E-state index in [-0.39, 0.29) is 17.6 Å². The Kier molecular flexibility index (Phi) is 2.92. The summed E-state index contributed by atoms with van der Waals surface area (Å²) in [6.07, 6.45) is 1.52. The number of nitrogens with one attached hydrogen (secondary N) is 2. The minimum Gasteiger partial charge on any atom is -0.438 e. The van der Waals surface area contributed by atoms with Crippen molar-refractivity contribution in [2.45, 2.75) is 6.92 Å². The van der Waals surface area contributed by atoms with Crippen LogP contribution in [0.4, 0.5) is 10.3 Å². The largest absolute Gasteiger partial charge is 0.438 e. The smallest absolute Gasteiger partial charge is 0.242 e. The molecule has 4 N–H and O–H groups in total. The molecule has 0 bridgehead atoms. The molecular weight excluding hydrogens is 263 g/mol. The van der Waals surface area contributed by atoms with Crippen LogP contribution in [0.15, 0.2) is 24.4 Å². The zero-order chi connectivity index (χ0) is 14.1. The minimum atomic E-state index is -0.350. The van der Waals surface area contributed by atoms with Crippen molar-refractivity contribution in [3.05, 3.63) is 35.8 Å². The van der Waals surface area contributed by atoms with Crippen LogP contribution in [-0.4, -0.2) is 20.2 Å². The molecule has 0 amide bonds. The summed E-state index contributed by atoms with van der Waals surface area (Å²) in [6, 6.07) is 4.57. The lowest BCUT2D eigenvalue weighted by molar-refractivity contribution is 0.463. The molecule has 0 atom stereocenters. The molecule has 0 aliphatic heterocycles. The molecule has 2 heterocycles. The Balaban J connectivity index is 2.04. The number of anilines is 1. The van der Waals surface area contributed by atoms with Crippen molar-refractivity contribution in [3.63, 3.8) is 0 Å². The van der Waals surface area contributed by atoms with Gasteiger partial charge in [-0.05, 0) is 18.6 Å². The third-order valence-corrected chi connectivity index (χ3v) is 2.76. The number of aryl methyl sites for hydroxylation is 1. The van der Waals surface area contributed by atoms with Gasteiger partial charge in [0.2, 0.25) is 11.8 Å². The Morgan fingerprint density at radius 3 is 2.95 bits per heavy atom. The van der Waals surface area contributed by atoms with Gasteiger partial charge in [-0.15, -0.1) is 0 Å². The van der Waals surface area contributed by atoms with Crippen LogP contribution < -0.4 is 16.0 Å². The molecule has 0 radical (unpaired) electrons. The van der Waals surface area contributed by atoms with E-state index in [1.54, 1.807) is 19.1 Å². The maximum Gasteiger partial charge on any atom is 0.242 e. The maximum absolute atomic E-state index is 13.5. The fourth-order valence-electron chi connectivity index (χ4n) is 1.70. The van der Waals surface area contributed by atoms with Crippen LogP contribution in [0.25, 0.3) is 11.0 Å². The van der Waals surface area contributed by atoms with E-state index >= 15 is 0 Å². The fraction of sp³-hybridized carbons (Fsp3) is 0.0833. The van der Waals surface area contributed by atoms with Crippen LogP contribution in [0.2, 0.25) is 0 Å². The Morgan fingerprint density at radius 2 is 2.20 bits per heavy atom. The number of aromatic nitrogens is 4. The molecule has 0 unspecified atom stereocenters. The number of nitrogens with two attached hydrogens (primary N) is 1. The van der Waals surface area contributed by atoms with E-state index in [9.17, 15) is 4.39 Å². The number of aromatic amines is 1. The third-order valence-electron chi connectivity index (χ3n) is 2.76. The van der Waals surface area contributed by atoms with Gasteiger partial charge >= 0.3 is 0 Å². The predicted octanol–water partition coefficient (Wildman–Crippen LogP) is 1.88. The number of H-pyrrole nitrogens is 1. The molecule has 0 saturated heterocycles. The minimum absolute atomic E-state index is 0.171. The molecule has 0 aliphatic carbocycles. The van der Waals surface area contributed by atoms with Crippen molar-refractivity contribution >= 4 is 17.0 Å². The summed E-state index contributed by atoms with van der Waals surface area (Å²) >= 11 is 0. The lowest BCUT2D eigenvalue weighted by Crippen LogP contribution is -2.10. The van der Waals surface area contributed by atoms with Crippen LogP contribution in [-0.2, 0) is 0 Å². The molecule has 1 aromatic carbocycles. The van der Waals surface area contributed by atoms with E-state index in [2.05, 4.69) is 25.6 Å². The van der Waals surface area contributed by atoms with Crippen LogP contribution >= 0.6 is 0 Å². The highest BCUT2D eigenvalue weighted by Crippen LogP contribution is 2.28. The standard InChI is InChI=1S/C12H11FN6O/c1-6-2-3-7(4-9(6)13)20-11-8-5-15-19-10(8)16-12(17-11)18-14/h2-5H,14H2,1H3,(H2,15,16,17,18,19). The van der Waals surface area contributed by atoms with Crippen LogP contribution in [0, 0.1) is 12.7 Å². The molecule has 0 saturated carbocycles. The van der Waals surface area contributed by atoms with Crippen molar-refractivity contribution in [3.8, 4) is 11.6 Å². The van der Waals surface area contributed by atoms with Crippen molar-refractivity contribution in [1.29, 1.82) is 0 Å². The fourth-order valence-corrected chi connectivity index (χ4v) is 1.70. The van der Waals surface area contributed by atoms with Gasteiger partial charge in [-0.3, -0.25) is 10.5 Å². The summed E-state index contributed by atoms with van der Waals surface area (Å²) in [5.41, 5.74) is 3.34. The van der Waals surface area contributed by atoms with E-state index in [0.717, 1.165) is 0 Å². The SMILES string of the molecule is Cc1ccc(Oc2nc(NN)nc3[nH]ncc23)cc1F. The van der Waals surface area contributed by atoms with Gasteiger partial charge in [-0.1, -0.05) is 6.07 Å².